The first-order valence-electron chi connectivity index (χ1n) is 4.65. The van der Waals surface area contributed by atoms with Crippen LogP contribution in [-0.2, 0) is 19.1 Å². The highest BCUT2D eigenvalue weighted by atomic mass is 16.5. The Labute approximate surface area is 89.1 Å². The van der Waals surface area contributed by atoms with E-state index in [9.17, 15) is 9.59 Å². The SMILES string of the molecule is COCCC(=O)C(CN)NC(=O)COC. The number of ether oxygens (including phenoxy) is 2. The molecule has 0 aromatic heterocycles. The molecule has 15 heavy (non-hydrogen) atoms. The average Bonchev–Trinajstić information content (AvgIpc) is 2.22. The second-order valence-corrected chi connectivity index (χ2v) is 3.00. The van der Waals surface area contributed by atoms with Gasteiger partial charge in [-0.3, -0.25) is 9.59 Å². The molecule has 0 bridgehead atoms. The van der Waals surface area contributed by atoms with Crippen LogP contribution >= 0.6 is 0 Å². The van der Waals surface area contributed by atoms with Gasteiger partial charge in [-0.05, 0) is 0 Å². The molecule has 1 unspecified atom stereocenters. The van der Waals surface area contributed by atoms with Crippen LogP contribution in [0.5, 0.6) is 0 Å². The van der Waals surface area contributed by atoms with Gasteiger partial charge in [0.2, 0.25) is 5.91 Å². The van der Waals surface area contributed by atoms with Crippen LogP contribution in [0.2, 0.25) is 0 Å². The summed E-state index contributed by atoms with van der Waals surface area (Å²) in [7, 11) is 2.91. The molecule has 0 aromatic carbocycles. The van der Waals surface area contributed by atoms with Crippen molar-refractivity contribution in [3.8, 4) is 0 Å². The molecule has 0 aliphatic carbocycles. The van der Waals surface area contributed by atoms with E-state index in [0.717, 1.165) is 0 Å². The van der Waals surface area contributed by atoms with E-state index in [4.69, 9.17) is 10.5 Å². The van der Waals surface area contributed by atoms with E-state index in [-0.39, 0.29) is 31.3 Å². The lowest BCUT2D eigenvalue weighted by Gasteiger charge is -2.15. The summed E-state index contributed by atoms with van der Waals surface area (Å²) >= 11 is 0. The lowest BCUT2D eigenvalue weighted by atomic mass is 10.1. The molecule has 3 N–H and O–H groups in total. The van der Waals surface area contributed by atoms with Gasteiger partial charge in [0, 0.05) is 27.2 Å². The molecule has 0 saturated carbocycles. The molecule has 6 nitrogen and oxygen atoms in total. The molecule has 0 aliphatic heterocycles. The first-order valence-corrected chi connectivity index (χ1v) is 4.65. The molecule has 0 rings (SSSR count). The Bertz CT molecular complexity index is 208. The second-order valence-electron chi connectivity index (χ2n) is 3.00. The number of carbonyl (C=O) groups excluding carboxylic acids is 2. The largest absolute Gasteiger partial charge is 0.384 e. The van der Waals surface area contributed by atoms with E-state index in [1.54, 1.807) is 0 Å². The van der Waals surface area contributed by atoms with Gasteiger partial charge in [-0.15, -0.1) is 0 Å². The van der Waals surface area contributed by atoms with E-state index in [2.05, 4.69) is 10.1 Å². The summed E-state index contributed by atoms with van der Waals surface area (Å²) in [6.45, 7) is 0.335. The zero-order valence-corrected chi connectivity index (χ0v) is 9.12. The lowest BCUT2D eigenvalue weighted by molar-refractivity contribution is -0.130. The Morgan fingerprint density at radius 1 is 1.33 bits per heavy atom. The van der Waals surface area contributed by atoms with Crippen LogP contribution in [0.1, 0.15) is 6.42 Å². The summed E-state index contributed by atoms with van der Waals surface area (Å²) in [6, 6.07) is -0.650. The van der Waals surface area contributed by atoms with Crippen molar-refractivity contribution < 1.29 is 19.1 Å². The Balaban J connectivity index is 4.00. The third-order valence-electron chi connectivity index (χ3n) is 1.79. The van der Waals surface area contributed by atoms with Gasteiger partial charge in [0.05, 0.1) is 12.6 Å². The number of amides is 1. The van der Waals surface area contributed by atoms with Crippen molar-refractivity contribution in [3.05, 3.63) is 0 Å². The quantitative estimate of drug-likeness (QED) is 0.527. The van der Waals surface area contributed by atoms with Crippen LogP contribution in [0.3, 0.4) is 0 Å². The zero-order chi connectivity index (χ0) is 11.7. The minimum atomic E-state index is -0.650. The minimum absolute atomic E-state index is 0.0753. The standard InChI is InChI=1S/C9H18N2O4/c1-14-4-3-8(12)7(5-10)11-9(13)6-15-2/h7H,3-6,10H2,1-2H3,(H,11,13). The number of nitrogens with one attached hydrogen (secondary N) is 1. The van der Waals surface area contributed by atoms with Crippen molar-refractivity contribution in [1.29, 1.82) is 0 Å². The third kappa shape index (κ3) is 6.16. The number of hydrogen-bond donors (Lipinski definition) is 2. The highest BCUT2D eigenvalue weighted by Crippen LogP contribution is 1.91. The molecule has 0 aromatic rings. The zero-order valence-electron chi connectivity index (χ0n) is 9.12. The summed E-state index contributed by atoms with van der Waals surface area (Å²) in [4.78, 5) is 22.6. The number of hydrogen-bond acceptors (Lipinski definition) is 5. The molecule has 0 aliphatic rings. The van der Waals surface area contributed by atoms with E-state index < -0.39 is 6.04 Å². The highest BCUT2D eigenvalue weighted by Gasteiger charge is 2.18. The minimum Gasteiger partial charge on any atom is -0.384 e. The molecule has 0 spiro atoms. The fourth-order valence-corrected chi connectivity index (χ4v) is 1.01. The first-order chi connectivity index (χ1) is 7.15. The number of ketones is 1. The lowest BCUT2D eigenvalue weighted by Crippen LogP contribution is -2.47. The predicted molar refractivity (Wildman–Crippen MR) is 54.4 cm³/mol. The summed E-state index contributed by atoms with van der Waals surface area (Å²) in [5, 5.41) is 2.48. The summed E-state index contributed by atoms with van der Waals surface area (Å²) < 4.78 is 9.38. The maximum absolute atomic E-state index is 11.5. The fraction of sp³-hybridized carbons (Fsp3) is 0.778. The highest BCUT2D eigenvalue weighted by molar-refractivity contribution is 5.89. The molecule has 6 heteroatoms. The normalized spacial score (nSPS) is 12.2. The number of Topliss-reactive ketones (excluding diaryl/α,β-unsaturated/α-hetero) is 1. The van der Waals surface area contributed by atoms with Crippen LogP contribution in [0.15, 0.2) is 0 Å². The van der Waals surface area contributed by atoms with Crippen molar-refractivity contribution in [2.24, 2.45) is 5.73 Å². The number of nitrogens with two attached hydrogens (primary N) is 1. The van der Waals surface area contributed by atoms with Crippen molar-refractivity contribution in [1.82, 2.24) is 5.32 Å². The Kier molecular flexibility index (Phi) is 7.79. The number of carbonyl (C=O) groups is 2. The van der Waals surface area contributed by atoms with Crippen molar-refractivity contribution in [2.75, 3.05) is 34.0 Å². The molecule has 0 radical (unpaired) electrons. The maximum Gasteiger partial charge on any atom is 0.246 e. The van der Waals surface area contributed by atoms with Crippen molar-refractivity contribution >= 4 is 11.7 Å². The van der Waals surface area contributed by atoms with Gasteiger partial charge in [0.25, 0.3) is 0 Å². The van der Waals surface area contributed by atoms with Crippen molar-refractivity contribution in [2.45, 2.75) is 12.5 Å². The van der Waals surface area contributed by atoms with E-state index in [1.165, 1.54) is 14.2 Å². The van der Waals surface area contributed by atoms with Crippen LogP contribution in [0.25, 0.3) is 0 Å². The van der Waals surface area contributed by atoms with Crippen LogP contribution < -0.4 is 11.1 Å². The molecule has 0 saturated heterocycles. The monoisotopic (exact) mass is 218 g/mol. The van der Waals surface area contributed by atoms with Gasteiger partial charge in [-0.1, -0.05) is 0 Å². The summed E-state index contributed by atoms with van der Waals surface area (Å²) in [5.41, 5.74) is 5.37. The van der Waals surface area contributed by atoms with Crippen LogP contribution in [0, 0.1) is 0 Å². The van der Waals surface area contributed by atoms with Crippen LogP contribution in [-0.4, -0.2) is 51.7 Å². The van der Waals surface area contributed by atoms with Gasteiger partial charge in [-0.2, -0.15) is 0 Å². The average molecular weight is 218 g/mol. The van der Waals surface area contributed by atoms with E-state index >= 15 is 0 Å². The molecule has 0 fully saturated rings. The molecule has 0 heterocycles. The summed E-state index contributed by atoms with van der Waals surface area (Å²) in [5.74, 6) is -0.484. The Hall–Kier alpha value is -0.980. The van der Waals surface area contributed by atoms with Gasteiger partial charge < -0.3 is 20.5 Å². The Morgan fingerprint density at radius 3 is 2.47 bits per heavy atom. The number of methoxy groups -OCH3 is 2. The smallest absolute Gasteiger partial charge is 0.246 e. The molecule has 88 valence electrons. The van der Waals surface area contributed by atoms with Gasteiger partial charge in [0.1, 0.15) is 6.61 Å². The third-order valence-corrected chi connectivity index (χ3v) is 1.79. The second kappa shape index (κ2) is 8.34. The van der Waals surface area contributed by atoms with Gasteiger partial charge in [-0.25, -0.2) is 0 Å². The number of rotatable bonds is 8. The molecule has 1 atom stereocenters. The van der Waals surface area contributed by atoms with Gasteiger partial charge >= 0.3 is 0 Å². The molecular weight excluding hydrogens is 200 g/mol. The first kappa shape index (κ1) is 14.0. The van der Waals surface area contributed by atoms with E-state index in [0.29, 0.717) is 6.61 Å². The van der Waals surface area contributed by atoms with Crippen LogP contribution in [0.4, 0.5) is 0 Å². The fourth-order valence-electron chi connectivity index (χ4n) is 1.01. The maximum atomic E-state index is 11.5. The van der Waals surface area contributed by atoms with E-state index in [1.807, 2.05) is 0 Å². The molecular formula is C9H18N2O4. The topological polar surface area (TPSA) is 90.6 Å². The Morgan fingerprint density at radius 2 is 2.00 bits per heavy atom. The predicted octanol–water partition coefficient (Wildman–Crippen LogP) is -1.32. The van der Waals surface area contributed by atoms with Crippen molar-refractivity contribution in [3.63, 3.8) is 0 Å². The van der Waals surface area contributed by atoms with Gasteiger partial charge in [0.15, 0.2) is 5.78 Å². The summed E-state index contributed by atoms with van der Waals surface area (Å²) in [6.07, 6.45) is 0.242. The molecule has 1 amide bonds.